The number of anilines is 1. The normalized spacial score (nSPS) is 16.5. The fourth-order valence-electron chi connectivity index (χ4n) is 4.46. The van der Waals surface area contributed by atoms with Gasteiger partial charge >= 0.3 is 0 Å². The Labute approximate surface area is 200 Å². The maximum Gasteiger partial charge on any atom is 0.227 e. The smallest absolute Gasteiger partial charge is 0.227 e. The van der Waals surface area contributed by atoms with Gasteiger partial charge in [0.1, 0.15) is 17.6 Å². The quantitative estimate of drug-likeness (QED) is 0.523. The first kappa shape index (κ1) is 23.5. The van der Waals surface area contributed by atoms with Gasteiger partial charge in [0, 0.05) is 43.7 Å². The number of aryl methyl sites for hydroxylation is 2. The molecule has 1 N–H and O–H groups in total. The number of carbonyl (C=O) groups excluding carboxylic acids is 2. The Morgan fingerprint density at radius 2 is 1.97 bits per heavy atom. The maximum atomic E-state index is 13.4. The van der Waals surface area contributed by atoms with Gasteiger partial charge in [0.15, 0.2) is 0 Å². The highest BCUT2D eigenvalue weighted by Gasteiger charge is 2.37. The average Bonchev–Trinajstić information content (AvgIpc) is 3.46. The number of hydrogen-bond donors (Lipinski definition) is 1. The highest BCUT2D eigenvalue weighted by Crippen LogP contribution is 2.31. The third-order valence-corrected chi connectivity index (χ3v) is 6.42. The molecule has 34 heavy (non-hydrogen) atoms. The number of nitrogens with zero attached hydrogens (tertiary/aromatic N) is 3. The van der Waals surface area contributed by atoms with Gasteiger partial charge in [-0.05, 0) is 36.6 Å². The fourth-order valence-corrected chi connectivity index (χ4v) is 4.46. The zero-order chi connectivity index (χ0) is 24.1. The van der Waals surface area contributed by atoms with Gasteiger partial charge < -0.3 is 19.5 Å². The number of para-hydroxylation sites is 1. The average molecular weight is 461 g/mol. The second kappa shape index (κ2) is 10.5. The lowest BCUT2D eigenvalue weighted by Gasteiger charge is -2.23. The molecule has 1 aliphatic heterocycles. The van der Waals surface area contributed by atoms with E-state index < -0.39 is 12.0 Å². The summed E-state index contributed by atoms with van der Waals surface area (Å²) in [7, 11) is 3.50. The lowest BCUT2D eigenvalue weighted by molar-refractivity contribution is -0.126. The molecule has 1 fully saturated rings. The van der Waals surface area contributed by atoms with E-state index in [2.05, 4.69) is 29.4 Å². The SMILES string of the molecule is CCCCc1ccc(N2CC(C(=O)NC(c3ccccc3OC)c3nccn3C)CC2=O)cc1. The van der Waals surface area contributed by atoms with Crippen molar-refractivity contribution in [2.24, 2.45) is 13.0 Å². The molecule has 2 unspecified atom stereocenters. The number of aromatic nitrogens is 2. The van der Waals surface area contributed by atoms with Crippen molar-refractivity contribution >= 4 is 17.5 Å². The van der Waals surface area contributed by atoms with E-state index in [4.69, 9.17) is 4.74 Å². The number of ether oxygens (including phenoxy) is 1. The Bertz CT molecular complexity index is 1140. The number of unbranched alkanes of at least 4 members (excludes halogenated alkanes) is 1. The van der Waals surface area contributed by atoms with E-state index in [0.29, 0.717) is 18.1 Å². The van der Waals surface area contributed by atoms with Crippen LogP contribution in [0.2, 0.25) is 0 Å². The summed E-state index contributed by atoms with van der Waals surface area (Å²) in [5.74, 6) is 0.719. The molecule has 2 atom stereocenters. The van der Waals surface area contributed by atoms with Crippen LogP contribution < -0.4 is 15.0 Å². The first-order chi connectivity index (χ1) is 16.5. The number of amides is 2. The zero-order valence-electron chi connectivity index (χ0n) is 20.0. The third-order valence-electron chi connectivity index (χ3n) is 6.42. The van der Waals surface area contributed by atoms with Crippen molar-refractivity contribution in [3.05, 3.63) is 77.9 Å². The number of rotatable bonds is 9. The van der Waals surface area contributed by atoms with E-state index in [-0.39, 0.29) is 18.2 Å². The van der Waals surface area contributed by atoms with E-state index >= 15 is 0 Å². The Hall–Kier alpha value is -3.61. The van der Waals surface area contributed by atoms with Crippen molar-refractivity contribution in [1.29, 1.82) is 0 Å². The minimum atomic E-state index is -0.495. The molecule has 4 rings (SSSR count). The minimum absolute atomic E-state index is 0.0349. The molecule has 2 aromatic carbocycles. The molecule has 0 bridgehead atoms. The van der Waals surface area contributed by atoms with Crippen LogP contribution in [0.1, 0.15) is 49.2 Å². The second-order valence-electron chi connectivity index (χ2n) is 8.76. The van der Waals surface area contributed by atoms with Crippen LogP contribution in [0.4, 0.5) is 5.69 Å². The topological polar surface area (TPSA) is 76.5 Å². The molecule has 1 aromatic heterocycles. The van der Waals surface area contributed by atoms with Gasteiger partial charge in [-0.1, -0.05) is 43.7 Å². The first-order valence-corrected chi connectivity index (χ1v) is 11.8. The van der Waals surface area contributed by atoms with Gasteiger partial charge in [0.05, 0.1) is 13.0 Å². The van der Waals surface area contributed by atoms with Crippen LogP contribution in [-0.2, 0) is 23.1 Å². The van der Waals surface area contributed by atoms with E-state index in [1.807, 2.05) is 54.2 Å². The van der Waals surface area contributed by atoms with Crippen LogP contribution in [0.5, 0.6) is 5.75 Å². The van der Waals surface area contributed by atoms with E-state index in [1.165, 1.54) is 5.56 Å². The Morgan fingerprint density at radius 1 is 1.21 bits per heavy atom. The monoisotopic (exact) mass is 460 g/mol. The lowest BCUT2D eigenvalue weighted by Crippen LogP contribution is -2.37. The number of benzene rings is 2. The number of imidazole rings is 1. The summed E-state index contributed by atoms with van der Waals surface area (Å²) in [5.41, 5.74) is 2.92. The summed E-state index contributed by atoms with van der Waals surface area (Å²) in [6.07, 6.45) is 7.06. The molecule has 2 amide bonds. The molecule has 7 heteroatoms. The van der Waals surface area contributed by atoms with Crippen molar-refractivity contribution in [3.8, 4) is 5.75 Å². The molecule has 7 nitrogen and oxygen atoms in total. The molecular weight excluding hydrogens is 428 g/mol. The summed E-state index contributed by atoms with van der Waals surface area (Å²) in [6.45, 7) is 2.53. The van der Waals surface area contributed by atoms with Crippen molar-refractivity contribution in [2.45, 2.75) is 38.6 Å². The predicted molar refractivity (Wildman–Crippen MR) is 132 cm³/mol. The van der Waals surface area contributed by atoms with Gasteiger partial charge in [-0.3, -0.25) is 9.59 Å². The largest absolute Gasteiger partial charge is 0.496 e. The summed E-state index contributed by atoms with van der Waals surface area (Å²) in [6, 6.07) is 15.2. The molecule has 1 saturated heterocycles. The zero-order valence-corrected chi connectivity index (χ0v) is 20.0. The van der Waals surface area contributed by atoms with Crippen molar-refractivity contribution < 1.29 is 14.3 Å². The molecule has 0 radical (unpaired) electrons. The van der Waals surface area contributed by atoms with Crippen molar-refractivity contribution in [3.63, 3.8) is 0 Å². The van der Waals surface area contributed by atoms with E-state index in [1.54, 1.807) is 18.2 Å². The first-order valence-electron chi connectivity index (χ1n) is 11.8. The molecule has 178 valence electrons. The van der Waals surface area contributed by atoms with Crippen LogP contribution in [0.3, 0.4) is 0 Å². The highest BCUT2D eigenvalue weighted by atomic mass is 16.5. The van der Waals surface area contributed by atoms with Gasteiger partial charge in [-0.15, -0.1) is 0 Å². The Balaban J connectivity index is 1.51. The van der Waals surface area contributed by atoms with E-state index in [0.717, 1.165) is 30.5 Å². The molecule has 3 aromatic rings. The Kier molecular flexibility index (Phi) is 7.30. The summed E-state index contributed by atoms with van der Waals surface area (Å²) in [4.78, 5) is 32.3. The molecule has 1 aliphatic rings. The van der Waals surface area contributed by atoms with Gasteiger partial charge in [-0.25, -0.2) is 4.98 Å². The lowest BCUT2D eigenvalue weighted by atomic mass is 10.0. The molecule has 0 spiro atoms. The Morgan fingerprint density at radius 3 is 2.65 bits per heavy atom. The van der Waals surface area contributed by atoms with E-state index in [9.17, 15) is 9.59 Å². The summed E-state index contributed by atoms with van der Waals surface area (Å²) >= 11 is 0. The fraction of sp³-hybridized carbons (Fsp3) is 0.370. The second-order valence-corrected chi connectivity index (χ2v) is 8.76. The number of nitrogens with one attached hydrogen (secondary N) is 1. The minimum Gasteiger partial charge on any atom is -0.496 e. The molecule has 2 heterocycles. The number of methoxy groups -OCH3 is 1. The van der Waals surface area contributed by atoms with Crippen LogP contribution in [0.25, 0.3) is 0 Å². The summed E-state index contributed by atoms with van der Waals surface area (Å²) in [5, 5.41) is 3.14. The van der Waals surface area contributed by atoms with Crippen LogP contribution in [0.15, 0.2) is 60.9 Å². The van der Waals surface area contributed by atoms with Crippen LogP contribution >= 0.6 is 0 Å². The maximum absolute atomic E-state index is 13.4. The number of carbonyl (C=O) groups is 2. The van der Waals surface area contributed by atoms with Gasteiger partial charge in [0.2, 0.25) is 11.8 Å². The van der Waals surface area contributed by atoms with Crippen molar-refractivity contribution in [1.82, 2.24) is 14.9 Å². The van der Waals surface area contributed by atoms with Crippen LogP contribution in [-0.4, -0.2) is 35.0 Å². The van der Waals surface area contributed by atoms with Gasteiger partial charge in [0.25, 0.3) is 0 Å². The van der Waals surface area contributed by atoms with Crippen molar-refractivity contribution in [2.75, 3.05) is 18.6 Å². The molecule has 0 aliphatic carbocycles. The standard InChI is InChI=1S/C27H32N4O3/c1-4-5-8-19-11-13-21(14-12-19)31-18-20(17-24(31)32)27(33)29-25(26-28-15-16-30(26)2)22-9-6-7-10-23(22)34-3/h6-7,9-16,20,25H,4-5,8,17-18H2,1-3H3,(H,29,33). The van der Waals surface area contributed by atoms with Crippen LogP contribution in [0, 0.1) is 5.92 Å². The molecule has 0 saturated carbocycles. The highest BCUT2D eigenvalue weighted by molar-refractivity contribution is 6.00. The molecular formula is C27H32N4O3. The number of hydrogen-bond acceptors (Lipinski definition) is 4. The summed E-state index contributed by atoms with van der Waals surface area (Å²) < 4.78 is 7.43. The predicted octanol–water partition coefficient (Wildman–Crippen LogP) is 4.03. The van der Waals surface area contributed by atoms with Gasteiger partial charge in [-0.2, -0.15) is 0 Å². The third kappa shape index (κ3) is 4.98.